The fourth-order valence-electron chi connectivity index (χ4n) is 2.04. The van der Waals surface area contributed by atoms with Gasteiger partial charge in [0.1, 0.15) is 5.75 Å². The van der Waals surface area contributed by atoms with Crippen molar-refractivity contribution in [2.75, 3.05) is 14.2 Å². The average Bonchev–Trinajstić information content (AvgIpc) is 2.36. The monoisotopic (exact) mass is 235 g/mol. The second-order valence-corrected chi connectivity index (χ2v) is 4.82. The zero-order valence-electron chi connectivity index (χ0n) is 11.7. The molecule has 2 nitrogen and oxygen atoms in total. The van der Waals surface area contributed by atoms with Crippen LogP contribution in [0.25, 0.3) is 0 Å². The maximum atomic E-state index is 5.38. The van der Waals surface area contributed by atoms with E-state index in [1.165, 1.54) is 24.0 Å². The first kappa shape index (κ1) is 14.0. The number of hydrogen-bond donors (Lipinski definition) is 1. The molecule has 17 heavy (non-hydrogen) atoms. The lowest BCUT2D eigenvalue weighted by molar-refractivity contribution is 0.403. The summed E-state index contributed by atoms with van der Waals surface area (Å²) in [6, 6.07) is 6.90. The second kappa shape index (κ2) is 6.65. The lowest BCUT2D eigenvalue weighted by Gasteiger charge is -2.21. The van der Waals surface area contributed by atoms with E-state index in [2.05, 4.69) is 44.3 Å². The van der Waals surface area contributed by atoms with Gasteiger partial charge < -0.3 is 10.1 Å². The van der Waals surface area contributed by atoms with Crippen LogP contribution in [0.5, 0.6) is 5.75 Å². The number of nitrogens with one attached hydrogen (secondary N) is 1. The zero-order valence-corrected chi connectivity index (χ0v) is 11.7. The fourth-order valence-corrected chi connectivity index (χ4v) is 2.04. The predicted molar refractivity (Wildman–Crippen MR) is 73.6 cm³/mol. The number of aryl methyl sites for hydroxylation is 1. The first-order valence-electron chi connectivity index (χ1n) is 6.44. The minimum Gasteiger partial charge on any atom is -0.496 e. The van der Waals surface area contributed by atoms with Crippen molar-refractivity contribution >= 4 is 0 Å². The lowest BCUT2D eigenvalue weighted by atomic mass is 9.93. The molecule has 0 fully saturated rings. The smallest absolute Gasteiger partial charge is 0.122 e. The van der Waals surface area contributed by atoms with Crippen LogP contribution >= 0.6 is 0 Å². The van der Waals surface area contributed by atoms with Crippen LogP contribution in [0.3, 0.4) is 0 Å². The van der Waals surface area contributed by atoms with Crippen molar-refractivity contribution in [1.29, 1.82) is 0 Å². The minimum atomic E-state index is 0.416. The van der Waals surface area contributed by atoms with E-state index < -0.39 is 0 Å². The third kappa shape index (κ3) is 3.74. The highest BCUT2D eigenvalue weighted by Crippen LogP contribution is 2.27. The molecule has 1 aromatic rings. The normalized spacial score (nSPS) is 14.4. The summed E-state index contributed by atoms with van der Waals surface area (Å²) in [5.41, 5.74) is 2.50. The Morgan fingerprint density at radius 1 is 1.35 bits per heavy atom. The molecule has 0 heterocycles. The van der Waals surface area contributed by atoms with Gasteiger partial charge >= 0.3 is 0 Å². The highest BCUT2D eigenvalue weighted by atomic mass is 16.5. The molecule has 0 spiro atoms. The summed E-state index contributed by atoms with van der Waals surface area (Å²) in [6.45, 7) is 6.62. The molecule has 0 saturated carbocycles. The van der Waals surface area contributed by atoms with Crippen LogP contribution in [0, 0.1) is 12.8 Å². The van der Waals surface area contributed by atoms with Crippen LogP contribution in [0.1, 0.15) is 43.9 Å². The number of ether oxygens (including phenoxy) is 1. The van der Waals surface area contributed by atoms with E-state index >= 15 is 0 Å². The summed E-state index contributed by atoms with van der Waals surface area (Å²) >= 11 is 0. The van der Waals surface area contributed by atoms with Crippen LogP contribution in [0.15, 0.2) is 18.2 Å². The van der Waals surface area contributed by atoms with Gasteiger partial charge in [-0.2, -0.15) is 0 Å². The fraction of sp³-hybridized carbons (Fsp3) is 0.600. The maximum Gasteiger partial charge on any atom is 0.122 e. The molecule has 96 valence electrons. The van der Waals surface area contributed by atoms with Crippen molar-refractivity contribution in [3.63, 3.8) is 0 Å². The van der Waals surface area contributed by atoms with Gasteiger partial charge in [0, 0.05) is 6.04 Å². The summed E-state index contributed by atoms with van der Waals surface area (Å²) in [5.74, 6) is 1.71. The number of hydrogen-bond acceptors (Lipinski definition) is 2. The molecule has 2 heteroatoms. The number of benzene rings is 1. The SMILES string of the molecule is CCC(C)CC(NC)c1ccc(C)c(OC)c1. The van der Waals surface area contributed by atoms with E-state index in [-0.39, 0.29) is 0 Å². The Kier molecular flexibility index (Phi) is 5.49. The van der Waals surface area contributed by atoms with E-state index in [1.807, 2.05) is 7.05 Å². The first-order valence-corrected chi connectivity index (χ1v) is 6.44. The van der Waals surface area contributed by atoms with Crippen LogP contribution in [-0.2, 0) is 0 Å². The van der Waals surface area contributed by atoms with Crippen molar-refractivity contribution in [3.05, 3.63) is 29.3 Å². The highest BCUT2D eigenvalue weighted by Gasteiger charge is 2.13. The molecule has 2 atom stereocenters. The van der Waals surface area contributed by atoms with Crippen LogP contribution in [0.4, 0.5) is 0 Å². The second-order valence-electron chi connectivity index (χ2n) is 4.82. The molecule has 0 aliphatic carbocycles. The Morgan fingerprint density at radius 2 is 2.06 bits per heavy atom. The van der Waals surface area contributed by atoms with E-state index in [0.29, 0.717) is 6.04 Å². The molecular formula is C15H25NO. The molecular weight excluding hydrogens is 210 g/mol. The van der Waals surface area contributed by atoms with Gasteiger partial charge in [-0.3, -0.25) is 0 Å². The summed E-state index contributed by atoms with van der Waals surface area (Å²) in [4.78, 5) is 0. The van der Waals surface area contributed by atoms with Crippen molar-refractivity contribution in [2.24, 2.45) is 5.92 Å². The lowest BCUT2D eigenvalue weighted by Crippen LogP contribution is -2.19. The molecule has 0 radical (unpaired) electrons. The van der Waals surface area contributed by atoms with Gasteiger partial charge in [-0.25, -0.2) is 0 Å². The van der Waals surface area contributed by atoms with Crippen LogP contribution < -0.4 is 10.1 Å². The molecule has 0 aliphatic heterocycles. The Labute approximate surface area is 105 Å². The summed E-state index contributed by atoms with van der Waals surface area (Å²) in [6.07, 6.45) is 2.39. The Balaban J connectivity index is 2.88. The first-order chi connectivity index (χ1) is 8.12. The average molecular weight is 235 g/mol. The van der Waals surface area contributed by atoms with Gasteiger partial charge in [0.15, 0.2) is 0 Å². The van der Waals surface area contributed by atoms with Crippen molar-refractivity contribution < 1.29 is 4.74 Å². The molecule has 0 aliphatic rings. The number of methoxy groups -OCH3 is 1. The van der Waals surface area contributed by atoms with Gasteiger partial charge in [-0.05, 0) is 43.5 Å². The topological polar surface area (TPSA) is 21.3 Å². The molecule has 0 amide bonds. The standard InChI is InChI=1S/C15H25NO/c1-6-11(2)9-14(16-4)13-8-7-12(3)15(10-13)17-5/h7-8,10-11,14,16H,6,9H2,1-5H3. The Bertz CT molecular complexity index is 349. The predicted octanol–water partition coefficient (Wildman–Crippen LogP) is 3.70. The molecule has 1 aromatic carbocycles. The molecule has 2 unspecified atom stereocenters. The van der Waals surface area contributed by atoms with Gasteiger partial charge in [-0.1, -0.05) is 32.4 Å². The Hall–Kier alpha value is -1.02. The summed E-state index contributed by atoms with van der Waals surface area (Å²) < 4.78 is 5.38. The van der Waals surface area contributed by atoms with Gasteiger partial charge in [0.2, 0.25) is 0 Å². The van der Waals surface area contributed by atoms with Gasteiger partial charge in [-0.15, -0.1) is 0 Å². The molecule has 0 aromatic heterocycles. The third-order valence-corrected chi connectivity index (χ3v) is 3.52. The van der Waals surface area contributed by atoms with Crippen LogP contribution in [-0.4, -0.2) is 14.2 Å². The van der Waals surface area contributed by atoms with E-state index in [4.69, 9.17) is 4.74 Å². The largest absolute Gasteiger partial charge is 0.496 e. The summed E-state index contributed by atoms with van der Waals surface area (Å²) in [5, 5.41) is 3.40. The molecule has 1 rings (SSSR count). The minimum absolute atomic E-state index is 0.416. The van der Waals surface area contributed by atoms with Crippen molar-refractivity contribution in [2.45, 2.75) is 39.7 Å². The van der Waals surface area contributed by atoms with Gasteiger partial charge in [0.25, 0.3) is 0 Å². The number of rotatable bonds is 6. The van der Waals surface area contributed by atoms with Crippen LogP contribution in [0.2, 0.25) is 0 Å². The maximum absolute atomic E-state index is 5.38. The quantitative estimate of drug-likeness (QED) is 0.811. The van der Waals surface area contributed by atoms with Crippen molar-refractivity contribution in [1.82, 2.24) is 5.32 Å². The third-order valence-electron chi connectivity index (χ3n) is 3.52. The molecule has 1 N–H and O–H groups in total. The van der Waals surface area contributed by atoms with Gasteiger partial charge in [0.05, 0.1) is 7.11 Å². The Morgan fingerprint density at radius 3 is 2.59 bits per heavy atom. The zero-order chi connectivity index (χ0) is 12.8. The summed E-state index contributed by atoms with van der Waals surface area (Å²) in [7, 11) is 3.76. The van der Waals surface area contributed by atoms with E-state index in [9.17, 15) is 0 Å². The van der Waals surface area contributed by atoms with E-state index in [1.54, 1.807) is 7.11 Å². The molecule has 0 bridgehead atoms. The van der Waals surface area contributed by atoms with E-state index in [0.717, 1.165) is 11.7 Å². The molecule has 0 saturated heterocycles. The highest BCUT2D eigenvalue weighted by molar-refractivity contribution is 5.37. The van der Waals surface area contributed by atoms with Crippen molar-refractivity contribution in [3.8, 4) is 5.75 Å².